The van der Waals surface area contributed by atoms with Crippen LogP contribution in [-0.4, -0.2) is 38.2 Å². The second-order valence-electron chi connectivity index (χ2n) is 8.56. The summed E-state index contributed by atoms with van der Waals surface area (Å²) in [5, 5.41) is 10.1. The third-order valence-corrected chi connectivity index (χ3v) is 10.7. The Hall–Kier alpha value is -0.393. The zero-order valence-corrected chi connectivity index (χ0v) is 17.8. The van der Waals surface area contributed by atoms with Gasteiger partial charge in [-0.15, -0.1) is 0 Å². The molecule has 0 saturated heterocycles. The van der Waals surface area contributed by atoms with E-state index in [2.05, 4.69) is 41.5 Å². The van der Waals surface area contributed by atoms with Gasteiger partial charge in [0.15, 0.2) is 0 Å². The topological polar surface area (TPSA) is 55.8 Å². The van der Waals surface area contributed by atoms with Gasteiger partial charge in [0.1, 0.15) is 12.7 Å². The number of aliphatic hydroxyl groups is 1. The van der Waals surface area contributed by atoms with Gasteiger partial charge in [0.25, 0.3) is 0 Å². The first kappa shape index (κ1) is 22.6. The Balaban J connectivity index is 5.27. The molecule has 0 rings (SSSR count). The summed E-state index contributed by atoms with van der Waals surface area (Å²) in [7, 11) is -2.12. The molecule has 0 aromatic carbocycles. The van der Waals surface area contributed by atoms with Crippen LogP contribution in [0.2, 0.25) is 16.6 Å². The molecular formula is C18H38O4Si. The zero-order chi connectivity index (χ0) is 18.6. The van der Waals surface area contributed by atoms with Gasteiger partial charge in [-0.1, -0.05) is 41.5 Å². The molecule has 2 atom stereocenters. The lowest BCUT2D eigenvalue weighted by Crippen LogP contribution is -2.53. The maximum atomic E-state index is 12.0. The Kier molecular flexibility index (Phi) is 8.48. The second kappa shape index (κ2) is 8.63. The highest BCUT2D eigenvalue weighted by molar-refractivity contribution is 6.77. The predicted octanol–water partition coefficient (Wildman–Crippen LogP) is 4.52. The van der Waals surface area contributed by atoms with Crippen LogP contribution in [0.15, 0.2) is 0 Å². The molecule has 0 aliphatic rings. The molecule has 0 aromatic heterocycles. The number of carbonyl (C=O) groups excluding carboxylic acids is 1. The van der Waals surface area contributed by atoms with Crippen LogP contribution in [-0.2, 0) is 14.0 Å². The average molecular weight is 347 g/mol. The summed E-state index contributed by atoms with van der Waals surface area (Å²) < 4.78 is 12.0. The number of rotatable bonds is 8. The smallest absolute Gasteiger partial charge is 0.311 e. The molecule has 0 bridgehead atoms. The van der Waals surface area contributed by atoms with Crippen molar-refractivity contribution in [2.75, 3.05) is 6.61 Å². The van der Waals surface area contributed by atoms with Crippen molar-refractivity contribution in [1.29, 1.82) is 0 Å². The molecule has 0 unspecified atom stereocenters. The maximum absolute atomic E-state index is 12.0. The van der Waals surface area contributed by atoms with Gasteiger partial charge in [0.05, 0.1) is 11.5 Å². The molecule has 0 spiro atoms. The molecule has 138 valence electrons. The summed E-state index contributed by atoms with van der Waals surface area (Å²) >= 11 is 0. The molecule has 0 aromatic rings. The second-order valence-corrected chi connectivity index (χ2v) is 14.0. The number of aliphatic hydroxyl groups excluding tert-OH is 1. The van der Waals surface area contributed by atoms with Crippen LogP contribution in [0.25, 0.3) is 0 Å². The van der Waals surface area contributed by atoms with Crippen LogP contribution in [0.5, 0.6) is 0 Å². The molecular weight excluding hydrogens is 308 g/mol. The van der Waals surface area contributed by atoms with Gasteiger partial charge in [-0.2, -0.15) is 0 Å². The van der Waals surface area contributed by atoms with E-state index < -0.39 is 25.9 Å². The third-order valence-electron chi connectivity index (χ3n) is 4.59. The molecule has 0 heterocycles. The summed E-state index contributed by atoms with van der Waals surface area (Å²) in [6.45, 7) is 20.5. The minimum absolute atomic E-state index is 0.106. The van der Waals surface area contributed by atoms with Crippen LogP contribution < -0.4 is 0 Å². The monoisotopic (exact) mass is 346 g/mol. The van der Waals surface area contributed by atoms with E-state index in [4.69, 9.17) is 9.16 Å². The number of carbonyl (C=O) groups is 1. The van der Waals surface area contributed by atoms with Gasteiger partial charge in [0.2, 0.25) is 8.32 Å². The number of ether oxygens (including phenoxy) is 1. The van der Waals surface area contributed by atoms with Crippen molar-refractivity contribution in [3.05, 3.63) is 0 Å². The van der Waals surface area contributed by atoms with Crippen molar-refractivity contribution in [2.24, 2.45) is 5.41 Å². The molecule has 0 amide bonds. The Bertz CT molecular complexity index is 348. The van der Waals surface area contributed by atoms with Crippen molar-refractivity contribution >= 4 is 14.3 Å². The van der Waals surface area contributed by atoms with Gasteiger partial charge >= 0.3 is 5.97 Å². The first-order valence-electron chi connectivity index (χ1n) is 8.79. The number of hydrogen-bond donors (Lipinski definition) is 1. The summed E-state index contributed by atoms with van der Waals surface area (Å²) in [5.74, 6) is -0.266. The van der Waals surface area contributed by atoms with E-state index in [1.54, 1.807) is 6.92 Å². The van der Waals surface area contributed by atoms with E-state index >= 15 is 0 Å². The first-order chi connectivity index (χ1) is 10.3. The highest BCUT2D eigenvalue weighted by Gasteiger charge is 2.47. The van der Waals surface area contributed by atoms with Crippen LogP contribution in [0, 0.1) is 5.41 Å². The molecule has 5 heteroatoms. The first-order valence-corrected chi connectivity index (χ1v) is 10.9. The third kappa shape index (κ3) is 5.87. The summed E-state index contributed by atoms with van der Waals surface area (Å²) in [6, 6.07) is 0. The van der Waals surface area contributed by atoms with Gasteiger partial charge in [0, 0.05) is 0 Å². The van der Waals surface area contributed by atoms with E-state index in [0.29, 0.717) is 16.6 Å². The lowest BCUT2D eigenvalue weighted by Gasteiger charge is -2.45. The van der Waals surface area contributed by atoms with Crippen molar-refractivity contribution in [2.45, 2.75) is 98.1 Å². The summed E-state index contributed by atoms with van der Waals surface area (Å²) in [6.07, 6.45) is -1.15. The maximum Gasteiger partial charge on any atom is 0.311 e. The summed E-state index contributed by atoms with van der Waals surface area (Å²) in [5.41, 5.74) is 0.706. The zero-order valence-electron chi connectivity index (χ0n) is 16.8. The highest BCUT2D eigenvalue weighted by atomic mass is 28.4. The highest BCUT2D eigenvalue weighted by Crippen LogP contribution is 2.43. The Morgan fingerprint density at radius 1 is 0.957 bits per heavy atom. The lowest BCUT2D eigenvalue weighted by atomic mass is 9.97. The van der Waals surface area contributed by atoms with Crippen LogP contribution >= 0.6 is 0 Å². The quantitative estimate of drug-likeness (QED) is 0.519. The van der Waals surface area contributed by atoms with Gasteiger partial charge in [-0.25, -0.2) is 0 Å². The normalized spacial score (nSPS) is 16.1. The van der Waals surface area contributed by atoms with Crippen molar-refractivity contribution in [1.82, 2.24) is 0 Å². The number of esters is 1. The Morgan fingerprint density at radius 3 is 1.61 bits per heavy atom. The van der Waals surface area contributed by atoms with Crippen molar-refractivity contribution in [3.63, 3.8) is 0 Å². The Morgan fingerprint density at radius 2 is 1.35 bits per heavy atom. The Labute approximate surface area is 144 Å². The number of hydrogen-bond acceptors (Lipinski definition) is 4. The van der Waals surface area contributed by atoms with E-state index in [1.807, 2.05) is 20.8 Å². The van der Waals surface area contributed by atoms with Crippen LogP contribution in [0.3, 0.4) is 0 Å². The fraction of sp³-hybridized carbons (Fsp3) is 0.944. The van der Waals surface area contributed by atoms with Crippen molar-refractivity contribution in [3.8, 4) is 0 Å². The van der Waals surface area contributed by atoms with E-state index in [-0.39, 0.29) is 12.6 Å². The van der Waals surface area contributed by atoms with Gasteiger partial charge in [-0.3, -0.25) is 4.79 Å². The van der Waals surface area contributed by atoms with Crippen molar-refractivity contribution < 1.29 is 19.1 Å². The standard InChI is InChI=1S/C18H38O4Si/c1-12(2)23(13(3)4,14(5)6)22-16(15(7)19)11-21-17(20)18(8,9)10/h12-16,19H,11H2,1-10H3/t15-,16-/m0/s1. The minimum Gasteiger partial charge on any atom is -0.462 e. The molecule has 0 saturated carbocycles. The van der Waals surface area contributed by atoms with E-state index in [0.717, 1.165) is 0 Å². The van der Waals surface area contributed by atoms with Crippen LogP contribution in [0.1, 0.15) is 69.2 Å². The molecule has 23 heavy (non-hydrogen) atoms. The van der Waals surface area contributed by atoms with E-state index in [1.165, 1.54) is 0 Å². The largest absolute Gasteiger partial charge is 0.462 e. The SMILES string of the molecule is CC(C)[Si](O[C@@H](COC(=O)C(C)(C)C)[C@H](C)O)(C(C)C)C(C)C. The van der Waals surface area contributed by atoms with Gasteiger partial charge in [-0.05, 0) is 44.3 Å². The lowest BCUT2D eigenvalue weighted by molar-refractivity contribution is -0.157. The molecule has 4 nitrogen and oxygen atoms in total. The van der Waals surface area contributed by atoms with Gasteiger partial charge < -0.3 is 14.3 Å². The molecule has 1 N–H and O–H groups in total. The minimum atomic E-state index is -2.12. The molecule has 0 aliphatic heterocycles. The summed E-state index contributed by atoms with van der Waals surface area (Å²) in [4.78, 5) is 12.0. The van der Waals surface area contributed by atoms with Crippen LogP contribution in [0.4, 0.5) is 0 Å². The molecule has 0 fully saturated rings. The molecule has 0 radical (unpaired) electrons. The predicted molar refractivity (Wildman–Crippen MR) is 98.0 cm³/mol. The fourth-order valence-electron chi connectivity index (χ4n) is 3.32. The molecule has 0 aliphatic carbocycles. The fourth-order valence-corrected chi connectivity index (χ4v) is 8.92. The van der Waals surface area contributed by atoms with E-state index in [9.17, 15) is 9.90 Å². The average Bonchev–Trinajstić information content (AvgIpc) is 2.35.